The SMILES string of the molecule is CCNCC1CCN(c2ccc(C(F)(F)F)cc2Cl)C1. The minimum Gasteiger partial charge on any atom is -0.370 e. The van der Waals surface area contributed by atoms with Crippen LogP contribution in [0.5, 0.6) is 0 Å². The summed E-state index contributed by atoms with van der Waals surface area (Å²) in [5.74, 6) is 0.522. The standard InChI is InChI=1S/C14H18ClF3N2/c1-2-19-8-10-5-6-20(9-10)13-4-3-11(7-12(13)15)14(16,17)18/h3-4,7,10,19H,2,5-6,8-9H2,1H3. The Balaban J connectivity index is 2.07. The van der Waals surface area contributed by atoms with E-state index in [2.05, 4.69) is 17.1 Å². The van der Waals surface area contributed by atoms with Gasteiger partial charge in [-0.3, -0.25) is 0 Å². The predicted octanol–water partition coefficient (Wildman–Crippen LogP) is 3.79. The molecule has 0 saturated carbocycles. The molecule has 0 aliphatic carbocycles. The van der Waals surface area contributed by atoms with Gasteiger partial charge in [-0.25, -0.2) is 0 Å². The van der Waals surface area contributed by atoms with Gasteiger partial charge in [-0.15, -0.1) is 0 Å². The van der Waals surface area contributed by atoms with Gasteiger partial charge in [0.25, 0.3) is 0 Å². The summed E-state index contributed by atoms with van der Waals surface area (Å²) in [6, 6.07) is 3.58. The topological polar surface area (TPSA) is 15.3 Å². The first kappa shape index (κ1) is 15.4. The molecule has 1 saturated heterocycles. The molecule has 1 aromatic carbocycles. The third-order valence-electron chi connectivity index (χ3n) is 3.58. The number of anilines is 1. The maximum Gasteiger partial charge on any atom is 0.416 e. The summed E-state index contributed by atoms with van der Waals surface area (Å²) in [5.41, 5.74) is -0.00619. The van der Waals surface area contributed by atoms with Gasteiger partial charge >= 0.3 is 6.18 Å². The van der Waals surface area contributed by atoms with Gasteiger partial charge in [0.1, 0.15) is 0 Å². The molecule has 0 aromatic heterocycles. The molecule has 1 fully saturated rings. The zero-order valence-corrected chi connectivity index (χ0v) is 12.1. The summed E-state index contributed by atoms with van der Waals surface area (Å²) in [6.07, 6.45) is -3.31. The molecule has 0 bridgehead atoms. The smallest absolute Gasteiger partial charge is 0.370 e. The Morgan fingerprint density at radius 2 is 2.15 bits per heavy atom. The van der Waals surface area contributed by atoms with E-state index in [9.17, 15) is 13.2 Å². The minimum absolute atomic E-state index is 0.170. The van der Waals surface area contributed by atoms with Crippen molar-refractivity contribution >= 4 is 17.3 Å². The van der Waals surface area contributed by atoms with Gasteiger partial charge in [0.2, 0.25) is 0 Å². The average Bonchev–Trinajstić information content (AvgIpc) is 2.83. The van der Waals surface area contributed by atoms with E-state index < -0.39 is 11.7 Å². The lowest BCUT2D eigenvalue weighted by molar-refractivity contribution is -0.137. The van der Waals surface area contributed by atoms with Crippen LogP contribution in [0.1, 0.15) is 18.9 Å². The Bertz CT molecular complexity index is 462. The van der Waals surface area contributed by atoms with Crippen molar-refractivity contribution in [1.29, 1.82) is 0 Å². The second kappa shape index (κ2) is 6.22. The Kier molecular flexibility index (Phi) is 4.81. The fraction of sp³-hybridized carbons (Fsp3) is 0.571. The maximum absolute atomic E-state index is 12.6. The van der Waals surface area contributed by atoms with Crippen LogP contribution < -0.4 is 10.2 Å². The number of alkyl halides is 3. The molecule has 0 amide bonds. The maximum atomic E-state index is 12.6. The number of hydrogen-bond acceptors (Lipinski definition) is 2. The van der Waals surface area contributed by atoms with E-state index >= 15 is 0 Å². The summed E-state index contributed by atoms with van der Waals surface area (Å²) in [7, 11) is 0. The van der Waals surface area contributed by atoms with E-state index in [1.54, 1.807) is 0 Å². The fourth-order valence-electron chi connectivity index (χ4n) is 2.51. The highest BCUT2D eigenvalue weighted by Gasteiger charge is 2.32. The summed E-state index contributed by atoms with van der Waals surface area (Å²) in [6.45, 7) is 5.58. The van der Waals surface area contributed by atoms with E-state index in [1.807, 2.05) is 0 Å². The summed E-state index contributed by atoms with van der Waals surface area (Å²) < 4.78 is 37.8. The molecule has 1 unspecified atom stereocenters. The molecule has 1 atom stereocenters. The molecule has 6 heteroatoms. The van der Waals surface area contributed by atoms with Crippen molar-refractivity contribution in [3.63, 3.8) is 0 Å². The number of halogens is 4. The van der Waals surface area contributed by atoms with Crippen LogP contribution in [0.25, 0.3) is 0 Å². The average molecular weight is 307 g/mol. The number of nitrogens with one attached hydrogen (secondary N) is 1. The highest BCUT2D eigenvalue weighted by molar-refractivity contribution is 6.33. The second-order valence-electron chi connectivity index (χ2n) is 5.07. The van der Waals surface area contributed by atoms with Crippen LogP contribution in [-0.4, -0.2) is 26.2 Å². The quantitative estimate of drug-likeness (QED) is 0.910. The zero-order chi connectivity index (χ0) is 14.8. The van der Waals surface area contributed by atoms with Gasteiger partial charge in [-0.05, 0) is 43.6 Å². The molecular formula is C14H18ClF3N2. The zero-order valence-electron chi connectivity index (χ0n) is 11.3. The van der Waals surface area contributed by atoms with Crippen LogP contribution in [0.4, 0.5) is 18.9 Å². The molecule has 1 aliphatic rings. The third kappa shape index (κ3) is 3.58. The summed E-state index contributed by atoms with van der Waals surface area (Å²) in [4.78, 5) is 2.06. The lowest BCUT2D eigenvalue weighted by atomic mass is 10.1. The lowest BCUT2D eigenvalue weighted by Gasteiger charge is -2.21. The molecule has 1 aliphatic heterocycles. The molecule has 1 heterocycles. The van der Waals surface area contributed by atoms with Crippen molar-refractivity contribution in [3.8, 4) is 0 Å². The third-order valence-corrected chi connectivity index (χ3v) is 3.89. The Hall–Kier alpha value is -0.940. The van der Waals surface area contributed by atoms with Gasteiger partial charge in [0.15, 0.2) is 0 Å². The van der Waals surface area contributed by atoms with Gasteiger partial charge in [0.05, 0.1) is 16.3 Å². The molecule has 0 spiro atoms. The van der Waals surface area contributed by atoms with Crippen LogP contribution in [0.2, 0.25) is 5.02 Å². The van der Waals surface area contributed by atoms with Gasteiger partial charge in [-0.2, -0.15) is 13.2 Å². The first-order valence-electron chi connectivity index (χ1n) is 6.74. The number of nitrogens with zero attached hydrogens (tertiary/aromatic N) is 1. The van der Waals surface area contributed by atoms with E-state index in [0.29, 0.717) is 11.6 Å². The molecule has 2 rings (SSSR count). The lowest BCUT2D eigenvalue weighted by Crippen LogP contribution is -2.26. The molecule has 20 heavy (non-hydrogen) atoms. The van der Waals surface area contributed by atoms with Crippen molar-refractivity contribution < 1.29 is 13.2 Å². The highest BCUT2D eigenvalue weighted by atomic mass is 35.5. The predicted molar refractivity (Wildman–Crippen MR) is 75.3 cm³/mol. The van der Waals surface area contributed by atoms with Crippen LogP contribution in [-0.2, 0) is 6.18 Å². The molecular weight excluding hydrogens is 289 g/mol. The minimum atomic E-state index is -4.35. The fourth-order valence-corrected chi connectivity index (χ4v) is 2.81. The first-order chi connectivity index (χ1) is 9.41. The first-order valence-corrected chi connectivity index (χ1v) is 7.12. The Labute approximate surface area is 121 Å². The van der Waals surface area contributed by atoms with E-state index in [0.717, 1.165) is 44.7 Å². The summed E-state index contributed by atoms with van der Waals surface area (Å²) in [5, 5.41) is 3.47. The van der Waals surface area contributed by atoms with Crippen LogP contribution in [0.15, 0.2) is 18.2 Å². The van der Waals surface area contributed by atoms with Gasteiger partial charge < -0.3 is 10.2 Å². The van der Waals surface area contributed by atoms with Crippen molar-refractivity contribution in [2.75, 3.05) is 31.1 Å². The second-order valence-corrected chi connectivity index (χ2v) is 5.48. The normalized spacial score (nSPS) is 19.6. The number of benzene rings is 1. The van der Waals surface area contributed by atoms with Crippen molar-refractivity contribution in [3.05, 3.63) is 28.8 Å². The van der Waals surface area contributed by atoms with Crippen LogP contribution in [0.3, 0.4) is 0 Å². The van der Waals surface area contributed by atoms with Crippen LogP contribution >= 0.6 is 11.6 Å². The van der Waals surface area contributed by atoms with E-state index in [-0.39, 0.29) is 5.02 Å². The molecule has 112 valence electrons. The van der Waals surface area contributed by atoms with E-state index in [4.69, 9.17) is 11.6 Å². The number of hydrogen-bond donors (Lipinski definition) is 1. The Morgan fingerprint density at radius 3 is 2.75 bits per heavy atom. The van der Waals surface area contributed by atoms with Crippen molar-refractivity contribution in [2.45, 2.75) is 19.5 Å². The highest BCUT2D eigenvalue weighted by Crippen LogP contribution is 2.36. The summed E-state index contributed by atoms with van der Waals surface area (Å²) >= 11 is 6.01. The molecule has 1 aromatic rings. The van der Waals surface area contributed by atoms with Gasteiger partial charge in [0, 0.05) is 13.1 Å². The van der Waals surface area contributed by atoms with E-state index in [1.165, 1.54) is 6.07 Å². The number of rotatable bonds is 4. The monoisotopic (exact) mass is 306 g/mol. The van der Waals surface area contributed by atoms with Crippen LogP contribution in [0, 0.1) is 5.92 Å². The largest absolute Gasteiger partial charge is 0.416 e. The Morgan fingerprint density at radius 1 is 1.40 bits per heavy atom. The van der Waals surface area contributed by atoms with Crippen molar-refractivity contribution in [2.24, 2.45) is 5.92 Å². The molecule has 0 radical (unpaired) electrons. The van der Waals surface area contributed by atoms with Gasteiger partial charge in [-0.1, -0.05) is 18.5 Å². The molecule has 2 nitrogen and oxygen atoms in total. The molecule has 1 N–H and O–H groups in total. The van der Waals surface area contributed by atoms with Crippen molar-refractivity contribution in [1.82, 2.24) is 5.32 Å².